The molecule has 0 spiro atoms. The van der Waals surface area contributed by atoms with Gasteiger partial charge in [-0.1, -0.05) is 29.8 Å². The number of hydrogen-bond donors (Lipinski definition) is 1. The van der Waals surface area contributed by atoms with Crippen molar-refractivity contribution in [2.24, 2.45) is 0 Å². The summed E-state index contributed by atoms with van der Waals surface area (Å²) in [6.07, 6.45) is 0.964. The SMILES string of the molecule is CC(=O)N1c2ccc(S(=O)(=O)N3CCOCC3)cc2CC1C(=O)NCCc1ccc(C)cc1. The van der Waals surface area contributed by atoms with Crippen LogP contribution in [0.4, 0.5) is 5.69 Å². The highest BCUT2D eigenvalue weighted by atomic mass is 32.2. The standard InChI is InChI=1S/C24H29N3O5S/c1-17-3-5-19(6-4-17)9-10-25-24(29)23-16-20-15-21(7-8-22(20)27(23)18(2)28)33(30,31)26-11-13-32-14-12-26/h3-8,15,23H,9-14,16H2,1-2H3,(H,25,29). The zero-order chi connectivity index (χ0) is 23.6. The second kappa shape index (κ2) is 9.62. The quantitative estimate of drug-likeness (QED) is 0.691. The topological polar surface area (TPSA) is 96.0 Å². The third kappa shape index (κ3) is 4.95. The summed E-state index contributed by atoms with van der Waals surface area (Å²) in [5, 5.41) is 2.93. The highest BCUT2D eigenvalue weighted by Crippen LogP contribution is 2.35. The summed E-state index contributed by atoms with van der Waals surface area (Å²) in [5.41, 5.74) is 3.57. The van der Waals surface area contributed by atoms with E-state index in [1.54, 1.807) is 12.1 Å². The summed E-state index contributed by atoms with van der Waals surface area (Å²) < 4.78 is 32.7. The first kappa shape index (κ1) is 23.4. The normalized spacial score (nSPS) is 18.7. The number of rotatable bonds is 6. The molecule has 4 rings (SSSR count). The Balaban J connectivity index is 1.48. The fraction of sp³-hybridized carbons (Fsp3) is 0.417. The Bertz CT molecular complexity index is 1140. The van der Waals surface area contributed by atoms with Crippen LogP contribution in [0.25, 0.3) is 0 Å². The van der Waals surface area contributed by atoms with Gasteiger partial charge in [0.05, 0.1) is 18.1 Å². The predicted octanol–water partition coefficient (Wildman–Crippen LogP) is 1.65. The van der Waals surface area contributed by atoms with Crippen LogP contribution in [-0.2, 0) is 37.2 Å². The molecule has 2 aromatic rings. The number of carbonyl (C=O) groups excluding carboxylic acids is 2. The number of aryl methyl sites for hydroxylation is 1. The third-order valence-corrected chi connectivity index (χ3v) is 8.01. The number of sulfonamides is 1. The maximum atomic E-state index is 13.0. The van der Waals surface area contributed by atoms with E-state index in [0.29, 0.717) is 50.5 Å². The molecule has 0 aliphatic carbocycles. The molecule has 1 fully saturated rings. The zero-order valence-electron chi connectivity index (χ0n) is 18.9. The van der Waals surface area contributed by atoms with Crippen LogP contribution in [0.3, 0.4) is 0 Å². The monoisotopic (exact) mass is 471 g/mol. The predicted molar refractivity (Wildman–Crippen MR) is 125 cm³/mol. The lowest BCUT2D eigenvalue weighted by atomic mass is 10.1. The molecule has 0 radical (unpaired) electrons. The number of anilines is 1. The highest BCUT2D eigenvalue weighted by molar-refractivity contribution is 7.89. The number of hydrogen-bond acceptors (Lipinski definition) is 5. The van der Waals surface area contributed by atoms with Crippen molar-refractivity contribution in [3.05, 3.63) is 59.2 Å². The van der Waals surface area contributed by atoms with E-state index in [0.717, 1.165) is 5.56 Å². The van der Waals surface area contributed by atoms with Gasteiger partial charge >= 0.3 is 0 Å². The number of carbonyl (C=O) groups is 2. The molecule has 2 amide bonds. The van der Waals surface area contributed by atoms with Gasteiger partial charge in [-0.25, -0.2) is 8.42 Å². The van der Waals surface area contributed by atoms with Crippen molar-refractivity contribution >= 4 is 27.5 Å². The molecule has 1 atom stereocenters. The van der Waals surface area contributed by atoms with Crippen LogP contribution in [0.5, 0.6) is 0 Å². The van der Waals surface area contributed by atoms with Crippen LogP contribution in [0.2, 0.25) is 0 Å². The second-order valence-electron chi connectivity index (χ2n) is 8.44. The lowest BCUT2D eigenvalue weighted by molar-refractivity contribution is -0.125. The van der Waals surface area contributed by atoms with Crippen LogP contribution in [-0.4, -0.2) is 63.4 Å². The molecule has 2 aliphatic rings. The minimum atomic E-state index is -3.66. The Hall–Kier alpha value is -2.75. The largest absolute Gasteiger partial charge is 0.379 e. The van der Waals surface area contributed by atoms with Gasteiger partial charge in [-0.15, -0.1) is 0 Å². The first-order chi connectivity index (χ1) is 15.8. The van der Waals surface area contributed by atoms with Gasteiger partial charge in [0.25, 0.3) is 0 Å². The molecule has 176 valence electrons. The van der Waals surface area contributed by atoms with Crippen molar-refractivity contribution in [2.45, 2.75) is 37.6 Å². The van der Waals surface area contributed by atoms with E-state index >= 15 is 0 Å². The lowest BCUT2D eigenvalue weighted by Gasteiger charge is -2.26. The molecule has 33 heavy (non-hydrogen) atoms. The molecule has 2 aliphatic heterocycles. The van der Waals surface area contributed by atoms with E-state index in [4.69, 9.17) is 4.74 Å². The van der Waals surface area contributed by atoms with Crippen molar-refractivity contribution < 1.29 is 22.7 Å². The Labute approximate surface area is 194 Å². The van der Waals surface area contributed by atoms with E-state index in [9.17, 15) is 18.0 Å². The Morgan fingerprint density at radius 3 is 2.45 bits per heavy atom. The van der Waals surface area contributed by atoms with Crippen molar-refractivity contribution in [1.29, 1.82) is 0 Å². The summed E-state index contributed by atoms with van der Waals surface area (Å²) in [6.45, 7) is 5.25. The van der Waals surface area contributed by atoms with Crippen LogP contribution < -0.4 is 10.2 Å². The van der Waals surface area contributed by atoms with Gasteiger partial charge in [0.15, 0.2) is 0 Å². The molecular weight excluding hydrogens is 442 g/mol. The molecule has 2 aromatic carbocycles. The number of nitrogens with one attached hydrogen (secondary N) is 1. The Morgan fingerprint density at radius 1 is 1.09 bits per heavy atom. The van der Waals surface area contributed by atoms with E-state index in [2.05, 4.69) is 5.32 Å². The van der Waals surface area contributed by atoms with E-state index in [-0.39, 0.29) is 23.1 Å². The van der Waals surface area contributed by atoms with Gasteiger partial charge in [-0.3, -0.25) is 14.5 Å². The van der Waals surface area contributed by atoms with Gasteiger partial charge in [0.2, 0.25) is 21.8 Å². The smallest absolute Gasteiger partial charge is 0.243 e. The van der Waals surface area contributed by atoms with Crippen molar-refractivity contribution in [3.8, 4) is 0 Å². The number of ether oxygens (including phenoxy) is 1. The Morgan fingerprint density at radius 2 is 1.79 bits per heavy atom. The fourth-order valence-corrected chi connectivity index (χ4v) is 5.79. The summed E-state index contributed by atoms with van der Waals surface area (Å²) in [6, 6.07) is 12.2. The molecule has 9 heteroatoms. The molecule has 2 heterocycles. The van der Waals surface area contributed by atoms with E-state index < -0.39 is 16.1 Å². The number of fused-ring (bicyclic) bond motifs is 1. The summed E-state index contributed by atoms with van der Waals surface area (Å²) in [7, 11) is -3.66. The molecule has 1 unspecified atom stereocenters. The average molecular weight is 472 g/mol. The van der Waals surface area contributed by atoms with Crippen molar-refractivity contribution in [1.82, 2.24) is 9.62 Å². The molecule has 8 nitrogen and oxygen atoms in total. The van der Waals surface area contributed by atoms with Crippen LogP contribution in [0.15, 0.2) is 47.4 Å². The number of morpholine rings is 1. The zero-order valence-corrected chi connectivity index (χ0v) is 19.7. The third-order valence-electron chi connectivity index (χ3n) is 6.12. The van der Waals surface area contributed by atoms with Gasteiger partial charge in [-0.05, 0) is 42.7 Å². The number of benzene rings is 2. The van der Waals surface area contributed by atoms with Gasteiger partial charge in [-0.2, -0.15) is 4.31 Å². The van der Waals surface area contributed by atoms with Gasteiger partial charge in [0, 0.05) is 38.7 Å². The fourth-order valence-electron chi connectivity index (χ4n) is 4.33. The lowest BCUT2D eigenvalue weighted by Crippen LogP contribution is -2.47. The van der Waals surface area contributed by atoms with E-state index in [1.165, 1.54) is 27.8 Å². The molecular formula is C24H29N3O5S. The van der Waals surface area contributed by atoms with Crippen LogP contribution in [0, 0.1) is 6.92 Å². The summed E-state index contributed by atoms with van der Waals surface area (Å²) in [4.78, 5) is 27.0. The first-order valence-electron chi connectivity index (χ1n) is 11.1. The summed E-state index contributed by atoms with van der Waals surface area (Å²) in [5.74, 6) is -0.498. The highest BCUT2D eigenvalue weighted by Gasteiger charge is 2.38. The molecule has 0 saturated carbocycles. The van der Waals surface area contributed by atoms with Gasteiger partial charge in [0.1, 0.15) is 6.04 Å². The maximum absolute atomic E-state index is 13.0. The minimum Gasteiger partial charge on any atom is -0.379 e. The number of amides is 2. The van der Waals surface area contributed by atoms with Crippen LogP contribution >= 0.6 is 0 Å². The minimum absolute atomic E-state index is 0.173. The molecule has 1 N–H and O–H groups in total. The maximum Gasteiger partial charge on any atom is 0.243 e. The first-order valence-corrected chi connectivity index (χ1v) is 12.6. The number of nitrogens with zero attached hydrogens (tertiary/aromatic N) is 2. The average Bonchev–Trinajstić information content (AvgIpc) is 3.20. The van der Waals surface area contributed by atoms with Crippen molar-refractivity contribution in [3.63, 3.8) is 0 Å². The van der Waals surface area contributed by atoms with Crippen LogP contribution in [0.1, 0.15) is 23.6 Å². The second-order valence-corrected chi connectivity index (χ2v) is 10.4. The molecule has 0 bridgehead atoms. The molecule has 1 saturated heterocycles. The van der Waals surface area contributed by atoms with Crippen molar-refractivity contribution in [2.75, 3.05) is 37.7 Å². The molecule has 0 aromatic heterocycles. The van der Waals surface area contributed by atoms with E-state index in [1.807, 2.05) is 31.2 Å². The summed E-state index contributed by atoms with van der Waals surface area (Å²) >= 11 is 0. The Kier molecular flexibility index (Phi) is 6.83. The van der Waals surface area contributed by atoms with Gasteiger partial charge < -0.3 is 10.1 Å².